The first kappa shape index (κ1) is 21.8. The molecule has 0 saturated heterocycles. The van der Waals surface area contributed by atoms with E-state index in [9.17, 15) is 4.79 Å². The van der Waals surface area contributed by atoms with Gasteiger partial charge in [-0.2, -0.15) is 0 Å². The van der Waals surface area contributed by atoms with Gasteiger partial charge in [0.1, 0.15) is 34.1 Å². The van der Waals surface area contributed by atoms with Gasteiger partial charge in [0, 0.05) is 11.1 Å². The SMILES string of the molecule is COc1cccc(OC)c1C(=O)Nc1cc(C(C)(C)Oc2ccc(Cl)cc2Cl)no1. The molecule has 1 heterocycles. The number of carbonyl (C=O) groups excluding carboxylic acids is 1. The van der Waals surface area contributed by atoms with E-state index in [0.29, 0.717) is 33.0 Å². The lowest BCUT2D eigenvalue weighted by atomic mass is 10.1. The molecule has 158 valence electrons. The van der Waals surface area contributed by atoms with Gasteiger partial charge in [0.25, 0.3) is 5.91 Å². The van der Waals surface area contributed by atoms with Gasteiger partial charge < -0.3 is 18.7 Å². The highest BCUT2D eigenvalue weighted by Gasteiger charge is 2.29. The van der Waals surface area contributed by atoms with Crippen LogP contribution in [-0.4, -0.2) is 25.3 Å². The summed E-state index contributed by atoms with van der Waals surface area (Å²) in [7, 11) is 2.94. The lowest BCUT2D eigenvalue weighted by molar-refractivity contribution is 0.0996. The van der Waals surface area contributed by atoms with E-state index in [1.54, 1.807) is 56.3 Å². The second-order valence-corrected chi connectivity index (χ2v) is 7.60. The molecule has 0 atom stereocenters. The fraction of sp³-hybridized carbons (Fsp3) is 0.238. The Hall–Kier alpha value is -2.90. The second-order valence-electron chi connectivity index (χ2n) is 6.76. The van der Waals surface area contributed by atoms with Gasteiger partial charge in [-0.25, -0.2) is 0 Å². The van der Waals surface area contributed by atoms with E-state index in [1.165, 1.54) is 14.2 Å². The molecule has 0 unspecified atom stereocenters. The Morgan fingerprint density at radius 2 is 1.70 bits per heavy atom. The highest BCUT2D eigenvalue weighted by molar-refractivity contribution is 6.35. The van der Waals surface area contributed by atoms with Crippen LogP contribution in [0.1, 0.15) is 29.9 Å². The van der Waals surface area contributed by atoms with E-state index in [4.69, 9.17) is 41.9 Å². The minimum atomic E-state index is -0.897. The molecule has 9 heteroatoms. The third kappa shape index (κ3) is 4.63. The maximum atomic E-state index is 12.8. The first-order chi connectivity index (χ1) is 14.2. The molecular weight excluding hydrogens is 431 g/mol. The van der Waals surface area contributed by atoms with Crippen molar-refractivity contribution in [1.29, 1.82) is 0 Å². The molecule has 0 fully saturated rings. The maximum absolute atomic E-state index is 12.8. The van der Waals surface area contributed by atoms with Crippen LogP contribution in [-0.2, 0) is 5.60 Å². The summed E-state index contributed by atoms with van der Waals surface area (Å²) >= 11 is 12.1. The average molecular weight is 451 g/mol. The molecular formula is C21H20Cl2N2O5. The largest absolute Gasteiger partial charge is 0.496 e. The third-order valence-electron chi connectivity index (χ3n) is 4.28. The van der Waals surface area contributed by atoms with E-state index < -0.39 is 11.5 Å². The van der Waals surface area contributed by atoms with Crippen LogP contribution in [0, 0.1) is 0 Å². The summed E-state index contributed by atoms with van der Waals surface area (Å²) in [6.45, 7) is 3.59. The van der Waals surface area contributed by atoms with Gasteiger partial charge in [-0.15, -0.1) is 0 Å². The van der Waals surface area contributed by atoms with Gasteiger partial charge in [-0.05, 0) is 44.2 Å². The van der Waals surface area contributed by atoms with E-state index in [0.717, 1.165) is 0 Å². The van der Waals surface area contributed by atoms with Gasteiger partial charge in [-0.1, -0.05) is 34.4 Å². The predicted molar refractivity (Wildman–Crippen MR) is 114 cm³/mol. The van der Waals surface area contributed by atoms with E-state index in [-0.39, 0.29) is 11.4 Å². The van der Waals surface area contributed by atoms with Crippen molar-refractivity contribution in [2.24, 2.45) is 0 Å². The number of carbonyl (C=O) groups is 1. The van der Waals surface area contributed by atoms with Crippen LogP contribution in [0.15, 0.2) is 47.0 Å². The van der Waals surface area contributed by atoms with E-state index >= 15 is 0 Å². The molecule has 1 aromatic heterocycles. The molecule has 0 aliphatic carbocycles. The number of benzene rings is 2. The van der Waals surface area contributed by atoms with Crippen molar-refractivity contribution >= 4 is 35.0 Å². The Kier molecular flexibility index (Phi) is 6.43. The number of halogens is 2. The standard InChI is InChI=1S/C21H20Cl2N2O5/c1-21(2,29-14-9-8-12(22)10-13(14)23)17-11-18(30-25-17)24-20(26)19-15(27-3)6-5-7-16(19)28-4/h5-11H,1-4H3,(H,24,26). The van der Waals surface area contributed by atoms with Gasteiger partial charge in [0.15, 0.2) is 0 Å². The molecule has 3 rings (SSSR count). The number of hydrogen-bond donors (Lipinski definition) is 1. The summed E-state index contributed by atoms with van der Waals surface area (Å²) < 4.78 is 21.8. The third-order valence-corrected chi connectivity index (χ3v) is 4.81. The monoisotopic (exact) mass is 450 g/mol. The Morgan fingerprint density at radius 3 is 2.30 bits per heavy atom. The summed E-state index contributed by atoms with van der Waals surface area (Å²) in [5.74, 6) is 0.854. The fourth-order valence-corrected chi connectivity index (χ4v) is 3.20. The molecule has 1 amide bonds. The number of rotatable bonds is 7. The number of anilines is 1. The summed E-state index contributed by atoms with van der Waals surface area (Å²) in [6.07, 6.45) is 0. The zero-order valence-electron chi connectivity index (χ0n) is 16.8. The van der Waals surface area contributed by atoms with Crippen LogP contribution in [0.3, 0.4) is 0 Å². The normalized spacial score (nSPS) is 11.1. The van der Waals surface area contributed by atoms with Crippen molar-refractivity contribution in [3.05, 3.63) is 63.8 Å². The van der Waals surface area contributed by atoms with Crippen molar-refractivity contribution < 1.29 is 23.5 Å². The first-order valence-corrected chi connectivity index (χ1v) is 9.64. The number of hydrogen-bond acceptors (Lipinski definition) is 6. The van der Waals surface area contributed by atoms with Crippen molar-refractivity contribution in [3.8, 4) is 17.2 Å². The maximum Gasteiger partial charge on any atom is 0.265 e. The number of ether oxygens (including phenoxy) is 3. The first-order valence-electron chi connectivity index (χ1n) is 8.88. The number of nitrogens with zero attached hydrogens (tertiary/aromatic N) is 1. The molecule has 0 spiro atoms. The minimum absolute atomic E-state index is 0.141. The van der Waals surface area contributed by atoms with E-state index in [2.05, 4.69) is 10.5 Å². The Morgan fingerprint density at radius 1 is 1.03 bits per heavy atom. The topological polar surface area (TPSA) is 82.8 Å². The summed E-state index contributed by atoms with van der Waals surface area (Å²) in [5.41, 5.74) is -0.203. The molecule has 0 radical (unpaired) electrons. The van der Waals surface area contributed by atoms with Crippen LogP contribution in [0.2, 0.25) is 10.0 Å². The van der Waals surface area contributed by atoms with Gasteiger partial charge in [-0.3, -0.25) is 10.1 Å². The van der Waals surface area contributed by atoms with Crippen LogP contribution >= 0.6 is 23.2 Å². The highest BCUT2D eigenvalue weighted by atomic mass is 35.5. The highest BCUT2D eigenvalue weighted by Crippen LogP contribution is 2.35. The Bertz CT molecular complexity index is 1040. The molecule has 0 aliphatic heterocycles. The zero-order chi connectivity index (χ0) is 21.9. The predicted octanol–water partition coefficient (Wildman–Crippen LogP) is 5.57. The number of methoxy groups -OCH3 is 2. The summed E-state index contributed by atoms with van der Waals surface area (Å²) in [4.78, 5) is 12.8. The molecule has 0 aliphatic rings. The Labute approximate surface area is 183 Å². The van der Waals surface area contributed by atoms with Crippen LogP contribution in [0.4, 0.5) is 5.88 Å². The fourth-order valence-electron chi connectivity index (χ4n) is 2.75. The molecule has 30 heavy (non-hydrogen) atoms. The molecule has 3 aromatic rings. The van der Waals surface area contributed by atoms with Crippen molar-refractivity contribution in [1.82, 2.24) is 5.16 Å². The smallest absolute Gasteiger partial charge is 0.265 e. The molecule has 1 N–H and O–H groups in total. The number of amides is 1. The zero-order valence-corrected chi connectivity index (χ0v) is 18.3. The van der Waals surface area contributed by atoms with E-state index in [1.807, 2.05) is 0 Å². The van der Waals surface area contributed by atoms with Gasteiger partial charge in [0.2, 0.25) is 5.88 Å². The summed E-state index contributed by atoms with van der Waals surface area (Å²) in [5, 5.41) is 7.55. The van der Waals surface area contributed by atoms with Gasteiger partial charge in [0.05, 0.1) is 19.2 Å². The summed E-state index contributed by atoms with van der Waals surface area (Å²) in [6, 6.07) is 11.6. The van der Waals surface area contributed by atoms with Crippen LogP contribution < -0.4 is 19.5 Å². The Balaban J connectivity index is 1.80. The quantitative estimate of drug-likeness (QED) is 0.506. The van der Waals surface area contributed by atoms with Gasteiger partial charge >= 0.3 is 0 Å². The van der Waals surface area contributed by atoms with Crippen LogP contribution in [0.5, 0.6) is 17.2 Å². The molecule has 2 aromatic carbocycles. The lowest BCUT2D eigenvalue weighted by Crippen LogP contribution is -2.25. The average Bonchev–Trinajstić information content (AvgIpc) is 3.18. The molecule has 7 nitrogen and oxygen atoms in total. The molecule has 0 bridgehead atoms. The lowest BCUT2D eigenvalue weighted by Gasteiger charge is -2.24. The van der Waals surface area contributed by atoms with Crippen molar-refractivity contribution in [2.45, 2.75) is 19.4 Å². The minimum Gasteiger partial charge on any atom is -0.496 e. The number of aromatic nitrogens is 1. The van der Waals surface area contributed by atoms with Crippen molar-refractivity contribution in [3.63, 3.8) is 0 Å². The van der Waals surface area contributed by atoms with Crippen LogP contribution in [0.25, 0.3) is 0 Å². The molecule has 0 saturated carbocycles. The van der Waals surface area contributed by atoms with Crippen molar-refractivity contribution in [2.75, 3.05) is 19.5 Å². The second kappa shape index (κ2) is 8.85. The number of nitrogens with one attached hydrogen (secondary N) is 1.